The normalized spacial score (nSPS) is 13.6. The minimum Gasteiger partial charge on any atom is -0.469 e. The van der Waals surface area contributed by atoms with Crippen LogP contribution in [-0.2, 0) is 9.53 Å². The Morgan fingerprint density at radius 3 is 2.19 bits per heavy atom. The number of methoxy groups -OCH3 is 1. The van der Waals surface area contributed by atoms with E-state index >= 15 is 0 Å². The minimum atomic E-state index is -4.49. The molecule has 0 heterocycles. The number of rotatable bonds is 7. The van der Waals surface area contributed by atoms with E-state index in [1.165, 1.54) is 0 Å². The number of ether oxygens (including phenoxy) is 1. The summed E-state index contributed by atoms with van der Waals surface area (Å²) in [6, 6.07) is 0. The zero-order chi connectivity index (χ0) is 12.6. The molecule has 1 unspecified atom stereocenters. The van der Waals surface area contributed by atoms with E-state index in [1.54, 1.807) is 0 Å². The van der Waals surface area contributed by atoms with E-state index in [1.807, 2.05) is 6.92 Å². The summed E-state index contributed by atoms with van der Waals surface area (Å²) in [6.45, 7) is 2.03. The summed E-state index contributed by atoms with van der Waals surface area (Å²) >= 11 is 0. The van der Waals surface area contributed by atoms with Gasteiger partial charge in [-0.1, -0.05) is 39.0 Å². The first-order valence-electron chi connectivity index (χ1n) is 5.58. The molecule has 5 heteroatoms. The molecule has 0 aliphatic rings. The van der Waals surface area contributed by atoms with Crippen molar-refractivity contribution < 1.29 is 22.7 Å². The minimum absolute atomic E-state index is 0.167. The molecule has 0 saturated carbocycles. The van der Waals surface area contributed by atoms with Crippen molar-refractivity contribution in [3.8, 4) is 0 Å². The van der Waals surface area contributed by atoms with Crippen LogP contribution in [0.4, 0.5) is 13.2 Å². The molecule has 16 heavy (non-hydrogen) atoms. The van der Waals surface area contributed by atoms with Gasteiger partial charge in [0.1, 0.15) is 0 Å². The Bertz CT molecular complexity index is 202. The lowest BCUT2D eigenvalue weighted by Crippen LogP contribution is -2.31. The summed E-state index contributed by atoms with van der Waals surface area (Å²) in [5.41, 5.74) is 0. The number of hydrogen-bond acceptors (Lipinski definition) is 2. The molecule has 0 aromatic rings. The molecule has 0 aliphatic carbocycles. The lowest BCUT2D eigenvalue weighted by Gasteiger charge is -2.17. The molecule has 0 fully saturated rings. The first-order chi connectivity index (χ1) is 7.43. The van der Waals surface area contributed by atoms with E-state index in [-0.39, 0.29) is 6.42 Å². The van der Waals surface area contributed by atoms with E-state index in [0.29, 0.717) is 6.42 Å². The third-order valence-electron chi connectivity index (χ3n) is 2.48. The SMILES string of the molecule is CCCCCCCC(C(=O)OC)C(F)(F)F. The van der Waals surface area contributed by atoms with Crippen molar-refractivity contribution in [2.45, 2.75) is 51.6 Å². The second-order valence-corrected chi connectivity index (χ2v) is 3.82. The molecular weight excluding hydrogens is 221 g/mol. The molecule has 0 rings (SSSR count). The van der Waals surface area contributed by atoms with Crippen LogP contribution >= 0.6 is 0 Å². The molecular formula is C11H19F3O2. The largest absolute Gasteiger partial charge is 0.469 e. The third kappa shape index (κ3) is 5.98. The summed E-state index contributed by atoms with van der Waals surface area (Å²) < 4.78 is 41.5. The van der Waals surface area contributed by atoms with E-state index in [4.69, 9.17) is 0 Å². The van der Waals surface area contributed by atoms with Gasteiger partial charge in [0, 0.05) is 0 Å². The lowest BCUT2D eigenvalue weighted by atomic mass is 10.00. The van der Waals surface area contributed by atoms with Crippen molar-refractivity contribution in [2.24, 2.45) is 5.92 Å². The van der Waals surface area contributed by atoms with Crippen LogP contribution in [0.1, 0.15) is 45.4 Å². The maximum atomic E-state index is 12.4. The van der Waals surface area contributed by atoms with Gasteiger partial charge < -0.3 is 4.74 Å². The first-order valence-corrected chi connectivity index (χ1v) is 5.58. The van der Waals surface area contributed by atoms with Gasteiger partial charge in [-0.2, -0.15) is 13.2 Å². The standard InChI is InChI=1S/C11H19F3O2/c1-3-4-5-6-7-8-9(10(15)16-2)11(12,13)14/h9H,3-8H2,1-2H3. The van der Waals surface area contributed by atoms with Crippen molar-refractivity contribution in [3.63, 3.8) is 0 Å². The van der Waals surface area contributed by atoms with Gasteiger partial charge in [-0.3, -0.25) is 4.79 Å². The molecule has 0 N–H and O–H groups in total. The quantitative estimate of drug-likeness (QED) is 0.501. The molecule has 0 spiro atoms. The summed E-state index contributed by atoms with van der Waals surface area (Å²) in [4.78, 5) is 10.9. The van der Waals surface area contributed by atoms with Crippen molar-refractivity contribution in [3.05, 3.63) is 0 Å². The predicted octanol–water partition coefficient (Wildman–Crippen LogP) is 3.70. The predicted molar refractivity (Wildman–Crippen MR) is 54.9 cm³/mol. The number of carbonyl (C=O) groups is 1. The van der Waals surface area contributed by atoms with Gasteiger partial charge in [0.25, 0.3) is 0 Å². The fraction of sp³-hybridized carbons (Fsp3) is 0.909. The van der Waals surface area contributed by atoms with Gasteiger partial charge >= 0.3 is 12.1 Å². The van der Waals surface area contributed by atoms with Crippen LogP contribution in [0.5, 0.6) is 0 Å². The van der Waals surface area contributed by atoms with Crippen LogP contribution in [-0.4, -0.2) is 19.3 Å². The fourth-order valence-electron chi connectivity index (χ4n) is 1.51. The molecule has 0 saturated heterocycles. The van der Waals surface area contributed by atoms with Crippen molar-refractivity contribution in [2.75, 3.05) is 7.11 Å². The maximum absolute atomic E-state index is 12.4. The third-order valence-corrected chi connectivity index (χ3v) is 2.48. The van der Waals surface area contributed by atoms with Crippen molar-refractivity contribution in [1.29, 1.82) is 0 Å². The van der Waals surface area contributed by atoms with E-state index in [9.17, 15) is 18.0 Å². The molecule has 0 aromatic carbocycles. The van der Waals surface area contributed by atoms with Crippen LogP contribution in [0.15, 0.2) is 0 Å². The Kier molecular flexibility index (Phi) is 7.17. The fourth-order valence-corrected chi connectivity index (χ4v) is 1.51. The average molecular weight is 240 g/mol. The summed E-state index contributed by atoms with van der Waals surface area (Å²) in [6.07, 6.45) is -0.523. The second kappa shape index (κ2) is 7.52. The van der Waals surface area contributed by atoms with Gasteiger partial charge in [0.05, 0.1) is 7.11 Å². The Hall–Kier alpha value is -0.740. The Labute approximate surface area is 94.2 Å². The van der Waals surface area contributed by atoms with Crippen molar-refractivity contribution in [1.82, 2.24) is 0 Å². The first kappa shape index (κ1) is 15.3. The topological polar surface area (TPSA) is 26.3 Å². The summed E-state index contributed by atoms with van der Waals surface area (Å²) in [7, 11) is 0.984. The van der Waals surface area contributed by atoms with Gasteiger partial charge in [0.15, 0.2) is 5.92 Å². The molecule has 0 aromatic heterocycles. The highest BCUT2D eigenvalue weighted by Crippen LogP contribution is 2.31. The van der Waals surface area contributed by atoms with Crippen LogP contribution in [0.25, 0.3) is 0 Å². The molecule has 0 radical (unpaired) electrons. The van der Waals surface area contributed by atoms with Gasteiger partial charge in [0.2, 0.25) is 0 Å². The average Bonchev–Trinajstić information content (AvgIpc) is 2.20. The Morgan fingerprint density at radius 1 is 1.19 bits per heavy atom. The smallest absolute Gasteiger partial charge is 0.402 e. The van der Waals surface area contributed by atoms with Crippen LogP contribution < -0.4 is 0 Å². The Balaban J connectivity index is 3.99. The van der Waals surface area contributed by atoms with Gasteiger partial charge in [-0.05, 0) is 6.42 Å². The monoisotopic (exact) mass is 240 g/mol. The number of unbranched alkanes of at least 4 members (excludes halogenated alkanes) is 4. The molecule has 1 atom stereocenters. The molecule has 0 aliphatic heterocycles. The zero-order valence-corrected chi connectivity index (χ0v) is 9.77. The van der Waals surface area contributed by atoms with Crippen LogP contribution in [0.2, 0.25) is 0 Å². The van der Waals surface area contributed by atoms with E-state index in [0.717, 1.165) is 32.8 Å². The van der Waals surface area contributed by atoms with E-state index in [2.05, 4.69) is 4.74 Å². The number of alkyl halides is 3. The van der Waals surface area contributed by atoms with E-state index < -0.39 is 18.1 Å². The number of esters is 1. The van der Waals surface area contributed by atoms with Crippen molar-refractivity contribution >= 4 is 5.97 Å². The van der Waals surface area contributed by atoms with Crippen LogP contribution in [0, 0.1) is 5.92 Å². The van der Waals surface area contributed by atoms with Crippen LogP contribution in [0.3, 0.4) is 0 Å². The number of carbonyl (C=O) groups excluding carboxylic acids is 1. The summed E-state index contributed by atoms with van der Waals surface area (Å²) in [5, 5.41) is 0. The molecule has 96 valence electrons. The highest BCUT2D eigenvalue weighted by atomic mass is 19.4. The highest BCUT2D eigenvalue weighted by Gasteiger charge is 2.44. The second-order valence-electron chi connectivity index (χ2n) is 3.82. The highest BCUT2D eigenvalue weighted by molar-refractivity contribution is 5.73. The Morgan fingerprint density at radius 2 is 1.75 bits per heavy atom. The molecule has 2 nitrogen and oxygen atoms in total. The number of halogens is 3. The number of hydrogen-bond donors (Lipinski definition) is 0. The van der Waals surface area contributed by atoms with Gasteiger partial charge in [-0.25, -0.2) is 0 Å². The zero-order valence-electron chi connectivity index (χ0n) is 9.77. The molecule has 0 amide bonds. The lowest BCUT2D eigenvalue weighted by molar-refractivity contribution is -0.197. The maximum Gasteiger partial charge on any atom is 0.402 e. The summed E-state index contributed by atoms with van der Waals surface area (Å²) in [5.74, 6) is -3.14. The molecule has 0 bridgehead atoms. The van der Waals surface area contributed by atoms with Gasteiger partial charge in [-0.15, -0.1) is 0 Å².